The Bertz CT molecular complexity index is 1240. The summed E-state index contributed by atoms with van der Waals surface area (Å²) in [5, 5.41) is 14.3. The molecule has 4 aromatic rings. The van der Waals surface area contributed by atoms with E-state index in [4.69, 9.17) is 0 Å². The van der Waals surface area contributed by atoms with Gasteiger partial charge in [0, 0.05) is 27.5 Å². The van der Waals surface area contributed by atoms with Crippen LogP contribution in [0.15, 0.2) is 76.2 Å². The quantitative estimate of drug-likeness (QED) is 0.227. The zero-order chi connectivity index (χ0) is 22.5. The Labute approximate surface area is 200 Å². The maximum absolute atomic E-state index is 13.2. The fourth-order valence-electron chi connectivity index (χ4n) is 2.87. The second-order valence-electron chi connectivity index (χ2n) is 6.59. The van der Waals surface area contributed by atoms with Gasteiger partial charge in [-0.3, -0.25) is 9.36 Å². The van der Waals surface area contributed by atoms with Crippen molar-refractivity contribution in [1.82, 2.24) is 19.7 Å². The third kappa shape index (κ3) is 5.32. The Morgan fingerprint density at radius 3 is 2.59 bits per heavy atom. The number of amides is 1. The predicted octanol–water partition coefficient (Wildman–Crippen LogP) is 5.89. The molecular weight excluding hydrogens is 513 g/mol. The lowest BCUT2D eigenvalue weighted by atomic mass is 10.2. The van der Waals surface area contributed by atoms with Gasteiger partial charge in [0.1, 0.15) is 5.82 Å². The zero-order valence-electron chi connectivity index (χ0n) is 16.7. The van der Waals surface area contributed by atoms with Gasteiger partial charge < -0.3 is 5.32 Å². The van der Waals surface area contributed by atoms with Crippen molar-refractivity contribution in [3.63, 3.8) is 0 Å². The van der Waals surface area contributed by atoms with Gasteiger partial charge in [-0.05, 0) is 36.4 Å². The topological polar surface area (TPSA) is 72.7 Å². The number of anilines is 1. The summed E-state index contributed by atoms with van der Waals surface area (Å²) in [4.78, 5) is 17.0. The Morgan fingerprint density at radius 2 is 1.88 bits per heavy atom. The molecule has 0 aliphatic carbocycles. The molecule has 1 amide bonds. The van der Waals surface area contributed by atoms with E-state index in [2.05, 4.69) is 43.0 Å². The number of carbonyl (C=O) groups is 1. The molecule has 0 bridgehead atoms. The second kappa shape index (κ2) is 10.2. The molecule has 0 saturated heterocycles. The van der Waals surface area contributed by atoms with Crippen molar-refractivity contribution in [2.24, 2.45) is 0 Å². The first-order valence-corrected chi connectivity index (χ1v) is 12.1. The van der Waals surface area contributed by atoms with E-state index in [0.29, 0.717) is 22.7 Å². The highest BCUT2D eigenvalue weighted by molar-refractivity contribution is 9.10. The molecule has 32 heavy (non-hydrogen) atoms. The molecule has 1 N–H and O–H groups in total. The van der Waals surface area contributed by atoms with Crippen molar-refractivity contribution in [3.05, 3.63) is 76.9 Å². The maximum Gasteiger partial charge on any atom is 0.236 e. The van der Waals surface area contributed by atoms with Gasteiger partial charge in [0.05, 0.1) is 11.4 Å². The molecule has 0 fully saturated rings. The minimum Gasteiger partial charge on any atom is -0.301 e. The first kappa shape index (κ1) is 22.4. The molecule has 162 valence electrons. The summed E-state index contributed by atoms with van der Waals surface area (Å²) in [7, 11) is 0. The van der Waals surface area contributed by atoms with Gasteiger partial charge in [0.15, 0.2) is 16.1 Å². The number of nitrogens with one attached hydrogen (secondary N) is 1. The normalized spacial score (nSPS) is 10.8. The lowest BCUT2D eigenvalue weighted by Crippen LogP contribution is -2.14. The van der Waals surface area contributed by atoms with E-state index in [0.717, 1.165) is 21.3 Å². The van der Waals surface area contributed by atoms with Gasteiger partial charge in [0.2, 0.25) is 5.91 Å². The number of hydrogen-bond donors (Lipinski definition) is 1. The van der Waals surface area contributed by atoms with Gasteiger partial charge >= 0.3 is 0 Å². The van der Waals surface area contributed by atoms with Crippen LogP contribution in [0.4, 0.5) is 9.52 Å². The maximum atomic E-state index is 13.2. The predicted molar refractivity (Wildman–Crippen MR) is 130 cm³/mol. The largest absolute Gasteiger partial charge is 0.301 e. The van der Waals surface area contributed by atoms with Gasteiger partial charge in [0.25, 0.3) is 0 Å². The standard InChI is InChI=1S/C22H17BrFN5OS2/c1-2-11-29-20(15-5-9-17(24)10-6-15)27-28-22(29)32-13-19(30)26-21-25-18(12-31-21)14-3-7-16(23)8-4-14/h2-10,12H,1,11,13H2,(H,25,26,30). The highest BCUT2D eigenvalue weighted by Crippen LogP contribution is 2.27. The smallest absolute Gasteiger partial charge is 0.236 e. The van der Waals surface area contributed by atoms with Crippen LogP contribution < -0.4 is 5.32 Å². The van der Waals surface area contributed by atoms with Gasteiger partial charge in [-0.1, -0.05) is 45.9 Å². The van der Waals surface area contributed by atoms with Gasteiger partial charge in [-0.25, -0.2) is 9.37 Å². The molecular formula is C22H17BrFN5OS2. The molecule has 0 aliphatic heterocycles. The number of benzene rings is 2. The van der Waals surface area contributed by atoms with Crippen LogP contribution in [0.5, 0.6) is 0 Å². The van der Waals surface area contributed by atoms with Gasteiger partial charge in [-0.2, -0.15) is 0 Å². The van der Waals surface area contributed by atoms with Crippen molar-refractivity contribution in [2.75, 3.05) is 11.1 Å². The number of nitrogens with zero attached hydrogens (tertiary/aromatic N) is 4. The Morgan fingerprint density at radius 1 is 1.16 bits per heavy atom. The molecule has 2 aromatic heterocycles. The molecule has 2 aromatic carbocycles. The molecule has 0 unspecified atom stereocenters. The third-order valence-corrected chi connectivity index (χ3v) is 6.61. The number of thioether (sulfide) groups is 1. The summed E-state index contributed by atoms with van der Waals surface area (Å²) in [6.07, 6.45) is 1.72. The van der Waals surface area contributed by atoms with Crippen LogP contribution in [-0.4, -0.2) is 31.4 Å². The Kier molecular flexibility index (Phi) is 7.13. The number of allylic oxidation sites excluding steroid dienone is 1. The summed E-state index contributed by atoms with van der Waals surface area (Å²) in [6, 6.07) is 13.9. The van der Waals surface area contributed by atoms with Crippen LogP contribution in [-0.2, 0) is 11.3 Å². The number of aromatic nitrogens is 4. The molecule has 0 radical (unpaired) electrons. The lowest BCUT2D eigenvalue weighted by Gasteiger charge is -2.07. The molecule has 0 spiro atoms. The van der Waals surface area contributed by atoms with E-state index in [9.17, 15) is 9.18 Å². The SMILES string of the molecule is C=CCn1c(SCC(=O)Nc2nc(-c3ccc(Br)cc3)cs2)nnc1-c1ccc(F)cc1. The average molecular weight is 530 g/mol. The number of halogens is 2. The Hall–Kier alpha value is -2.82. The van der Waals surface area contributed by atoms with E-state index in [1.54, 1.807) is 18.2 Å². The molecule has 0 atom stereocenters. The van der Waals surface area contributed by atoms with Crippen molar-refractivity contribution in [2.45, 2.75) is 11.7 Å². The first-order valence-electron chi connectivity index (χ1n) is 9.47. The number of carbonyl (C=O) groups excluding carboxylic acids is 1. The van der Waals surface area contributed by atoms with Crippen LogP contribution in [0.3, 0.4) is 0 Å². The average Bonchev–Trinajstić information content (AvgIpc) is 3.41. The number of rotatable bonds is 8. The van der Waals surface area contributed by atoms with Crippen LogP contribution in [0, 0.1) is 5.82 Å². The molecule has 6 nitrogen and oxygen atoms in total. The summed E-state index contributed by atoms with van der Waals surface area (Å²) in [5.74, 6) is 0.224. The molecule has 0 aliphatic rings. The highest BCUT2D eigenvalue weighted by Gasteiger charge is 2.16. The van der Waals surface area contributed by atoms with Crippen molar-refractivity contribution >= 4 is 50.1 Å². The number of hydrogen-bond acceptors (Lipinski definition) is 6. The van der Waals surface area contributed by atoms with Crippen molar-refractivity contribution < 1.29 is 9.18 Å². The molecule has 0 saturated carbocycles. The monoisotopic (exact) mass is 529 g/mol. The van der Waals surface area contributed by atoms with Crippen LogP contribution >= 0.6 is 39.0 Å². The van der Waals surface area contributed by atoms with Crippen LogP contribution in [0.1, 0.15) is 0 Å². The third-order valence-electron chi connectivity index (χ3n) is 4.35. The van der Waals surface area contributed by atoms with Crippen LogP contribution in [0.2, 0.25) is 0 Å². The zero-order valence-corrected chi connectivity index (χ0v) is 19.9. The fraction of sp³-hybridized carbons (Fsp3) is 0.0909. The number of thiazole rings is 1. The van der Waals surface area contributed by atoms with E-state index in [-0.39, 0.29) is 17.5 Å². The lowest BCUT2D eigenvalue weighted by molar-refractivity contribution is -0.113. The first-order chi connectivity index (χ1) is 15.5. The van der Waals surface area contributed by atoms with E-state index in [1.165, 1.54) is 35.2 Å². The minimum atomic E-state index is -0.319. The van der Waals surface area contributed by atoms with E-state index in [1.807, 2.05) is 34.2 Å². The van der Waals surface area contributed by atoms with Gasteiger partial charge in [-0.15, -0.1) is 28.1 Å². The summed E-state index contributed by atoms with van der Waals surface area (Å²) in [5.41, 5.74) is 2.52. The van der Waals surface area contributed by atoms with Crippen LogP contribution in [0.25, 0.3) is 22.6 Å². The molecule has 2 heterocycles. The molecule has 10 heteroatoms. The Balaban J connectivity index is 1.41. The second-order valence-corrected chi connectivity index (χ2v) is 9.31. The summed E-state index contributed by atoms with van der Waals surface area (Å²) >= 11 is 6.05. The highest BCUT2D eigenvalue weighted by atomic mass is 79.9. The summed E-state index contributed by atoms with van der Waals surface area (Å²) in [6.45, 7) is 4.24. The fourth-order valence-corrected chi connectivity index (χ4v) is 4.62. The van der Waals surface area contributed by atoms with E-state index < -0.39 is 0 Å². The molecule has 4 rings (SSSR count). The minimum absolute atomic E-state index is 0.145. The van der Waals surface area contributed by atoms with Crippen molar-refractivity contribution in [3.8, 4) is 22.6 Å². The summed E-state index contributed by atoms with van der Waals surface area (Å²) < 4.78 is 16.1. The van der Waals surface area contributed by atoms with Crippen molar-refractivity contribution in [1.29, 1.82) is 0 Å². The van der Waals surface area contributed by atoms with E-state index >= 15 is 0 Å².